The van der Waals surface area contributed by atoms with E-state index in [1.165, 1.54) is 17.8 Å². The molecule has 1 heterocycles. The standard InChI is InChI=1S/C17H22FN3O2/c1-12(5-7-14-4-3-9-21(14)2)20-17(23)19-11-13-6-8-16(22)15(18)10-13/h3-4,6,8-10,12,22H,5,7,11H2,1-2H3,(H2,19,20,23)/t12-/m0/s1. The van der Waals surface area contributed by atoms with Crippen molar-refractivity contribution >= 4 is 6.03 Å². The summed E-state index contributed by atoms with van der Waals surface area (Å²) in [7, 11) is 2.00. The van der Waals surface area contributed by atoms with Gasteiger partial charge in [0.05, 0.1) is 0 Å². The van der Waals surface area contributed by atoms with Gasteiger partial charge in [0.1, 0.15) is 0 Å². The Balaban J connectivity index is 1.73. The first kappa shape index (κ1) is 16.9. The predicted molar refractivity (Wildman–Crippen MR) is 86.6 cm³/mol. The lowest BCUT2D eigenvalue weighted by Gasteiger charge is -2.15. The van der Waals surface area contributed by atoms with E-state index in [0.29, 0.717) is 5.56 Å². The summed E-state index contributed by atoms with van der Waals surface area (Å²) in [5.41, 5.74) is 1.81. The Hall–Kier alpha value is -2.50. The van der Waals surface area contributed by atoms with E-state index in [4.69, 9.17) is 5.11 Å². The molecule has 0 unspecified atom stereocenters. The molecule has 2 aromatic rings. The molecule has 1 aromatic carbocycles. The Morgan fingerprint density at radius 2 is 2.17 bits per heavy atom. The molecule has 0 aliphatic heterocycles. The van der Waals surface area contributed by atoms with Gasteiger partial charge >= 0.3 is 6.03 Å². The summed E-state index contributed by atoms with van der Waals surface area (Å²) in [5.74, 6) is -1.09. The summed E-state index contributed by atoms with van der Waals surface area (Å²) in [4.78, 5) is 11.8. The van der Waals surface area contributed by atoms with Crippen LogP contribution in [0.3, 0.4) is 0 Å². The van der Waals surface area contributed by atoms with Crippen LogP contribution in [0.15, 0.2) is 36.5 Å². The van der Waals surface area contributed by atoms with Crippen LogP contribution in [0, 0.1) is 5.82 Å². The molecule has 124 valence electrons. The molecule has 1 atom stereocenters. The fraction of sp³-hybridized carbons (Fsp3) is 0.353. The highest BCUT2D eigenvalue weighted by Crippen LogP contribution is 2.15. The molecule has 0 saturated heterocycles. The van der Waals surface area contributed by atoms with Gasteiger partial charge in [-0.1, -0.05) is 6.07 Å². The number of benzene rings is 1. The van der Waals surface area contributed by atoms with Crippen molar-refractivity contribution in [3.05, 3.63) is 53.6 Å². The van der Waals surface area contributed by atoms with Gasteiger partial charge in [-0.05, 0) is 49.6 Å². The molecular formula is C17H22FN3O2. The van der Waals surface area contributed by atoms with Crippen LogP contribution in [0.4, 0.5) is 9.18 Å². The molecule has 0 aliphatic rings. The normalized spacial score (nSPS) is 12.0. The number of hydrogen-bond donors (Lipinski definition) is 3. The topological polar surface area (TPSA) is 66.3 Å². The van der Waals surface area contributed by atoms with E-state index in [1.807, 2.05) is 26.2 Å². The molecule has 0 saturated carbocycles. The Morgan fingerprint density at radius 1 is 1.39 bits per heavy atom. The van der Waals surface area contributed by atoms with Crippen LogP contribution in [0.5, 0.6) is 5.75 Å². The molecular weight excluding hydrogens is 297 g/mol. The summed E-state index contributed by atoms with van der Waals surface area (Å²) in [6.45, 7) is 2.15. The fourth-order valence-electron chi connectivity index (χ4n) is 2.31. The summed E-state index contributed by atoms with van der Waals surface area (Å²) < 4.78 is 15.3. The number of aromatic nitrogens is 1. The number of phenolic OH excluding ortho intramolecular Hbond substituents is 1. The number of rotatable bonds is 6. The van der Waals surface area contributed by atoms with E-state index >= 15 is 0 Å². The Bertz CT molecular complexity index is 670. The van der Waals surface area contributed by atoms with Crippen LogP contribution in [0.2, 0.25) is 0 Å². The zero-order valence-electron chi connectivity index (χ0n) is 13.3. The maximum Gasteiger partial charge on any atom is 0.315 e. The maximum absolute atomic E-state index is 13.2. The van der Waals surface area contributed by atoms with E-state index in [2.05, 4.69) is 21.3 Å². The second kappa shape index (κ2) is 7.67. The first-order chi connectivity index (χ1) is 11.0. The Morgan fingerprint density at radius 3 is 2.83 bits per heavy atom. The predicted octanol–water partition coefficient (Wildman–Crippen LogP) is 2.69. The van der Waals surface area contributed by atoms with Crippen LogP contribution in [-0.4, -0.2) is 21.7 Å². The number of nitrogens with zero attached hydrogens (tertiary/aromatic N) is 1. The molecule has 3 N–H and O–H groups in total. The molecule has 6 heteroatoms. The van der Waals surface area contributed by atoms with Crippen LogP contribution in [-0.2, 0) is 20.0 Å². The SMILES string of the molecule is C[C@@H](CCc1cccn1C)NC(=O)NCc1ccc(O)c(F)c1. The average molecular weight is 319 g/mol. The highest BCUT2D eigenvalue weighted by molar-refractivity contribution is 5.74. The maximum atomic E-state index is 13.2. The smallest absolute Gasteiger partial charge is 0.315 e. The zero-order valence-corrected chi connectivity index (χ0v) is 13.3. The highest BCUT2D eigenvalue weighted by atomic mass is 19.1. The van der Waals surface area contributed by atoms with Gasteiger partial charge in [-0.2, -0.15) is 0 Å². The van der Waals surface area contributed by atoms with Gasteiger partial charge < -0.3 is 20.3 Å². The van der Waals surface area contributed by atoms with E-state index < -0.39 is 11.6 Å². The molecule has 5 nitrogen and oxygen atoms in total. The molecule has 23 heavy (non-hydrogen) atoms. The van der Waals surface area contributed by atoms with Crippen molar-refractivity contribution < 1.29 is 14.3 Å². The molecule has 0 radical (unpaired) electrons. The third-order valence-electron chi connectivity index (χ3n) is 3.73. The highest BCUT2D eigenvalue weighted by Gasteiger charge is 2.09. The van der Waals surface area contributed by atoms with Crippen molar-refractivity contribution in [3.63, 3.8) is 0 Å². The number of carbonyl (C=O) groups excluding carboxylic acids is 1. The molecule has 2 rings (SSSR count). The minimum Gasteiger partial charge on any atom is -0.505 e. The van der Waals surface area contributed by atoms with Crippen LogP contribution in [0.1, 0.15) is 24.6 Å². The second-order valence-corrected chi connectivity index (χ2v) is 5.66. The number of hydrogen-bond acceptors (Lipinski definition) is 2. The quantitative estimate of drug-likeness (QED) is 0.766. The van der Waals surface area contributed by atoms with Crippen molar-refractivity contribution in [1.29, 1.82) is 0 Å². The van der Waals surface area contributed by atoms with E-state index in [1.54, 1.807) is 6.07 Å². The Kier molecular flexibility index (Phi) is 5.62. The van der Waals surface area contributed by atoms with E-state index in [-0.39, 0.29) is 18.6 Å². The lowest BCUT2D eigenvalue weighted by atomic mass is 10.1. The van der Waals surface area contributed by atoms with Gasteiger partial charge in [0.15, 0.2) is 11.6 Å². The van der Waals surface area contributed by atoms with Gasteiger partial charge in [-0.25, -0.2) is 9.18 Å². The number of amides is 2. The zero-order chi connectivity index (χ0) is 16.8. The van der Waals surface area contributed by atoms with Crippen molar-refractivity contribution in [2.75, 3.05) is 0 Å². The first-order valence-corrected chi connectivity index (χ1v) is 7.57. The van der Waals surface area contributed by atoms with Crippen LogP contribution < -0.4 is 10.6 Å². The number of carbonyl (C=O) groups is 1. The van der Waals surface area contributed by atoms with Crippen molar-refractivity contribution in [2.45, 2.75) is 32.4 Å². The molecule has 1 aromatic heterocycles. The first-order valence-electron chi connectivity index (χ1n) is 7.57. The third kappa shape index (κ3) is 5.02. The third-order valence-corrected chi connectivity index (χ3v) is 3.73. The molecule has 0 fully saturated rings. The number of urea groups is 1. The number of aryl methyl sites for hydroxylation is 2. The van der Waals surface area contributed by atoms with Crippen LogP contribution in [0.25, 0.3) is 0 Å². The van der Waals surface area contributed by atoms with Gasteiger partial charge in [-0.15, -0.1) is 0 Å². The summed E-state index contributed by atoms with van der Waals surface area (Å²) in [6, 6.07) is 7.83. The van der Waals surface area contributed by atoms with Crippen molar-refractivity contribution in [2.24, 2.45) is 7.05 Å². The largest absolute Gasteiger partial charge is 0.505 e. The van der Waals surface area contributed by atoms with E-state index in [9.17, 15) is 9.18 Å². The molecule has 0 bridgehead atoms. The fourth-order valence-corrected chi connectivity index (χ4v) is 2.31. The number of phenols is 1. The molecule has 0 spiro atoms. The minimum atomic E-state index is -0.694. The van der Waals surface area contributed by atoms with Gasteiger partial charge in [0.2, 0.25) is 0 Å². The summed E-state index contributed by atoms with van der Waals surface area (Å²) >= 11 is 0. The second-order valence-electron chi connectivity index (χ2n) is 5.66. The van der Waals surface area contributed by atoms with Crippen molar-refractivity contribution in [3.8, 4) is 5.75 Å². The number of nitrogens with one attached hydrogen (secondary N) is 2. The molecule has 0 aliphatic carbocycles. The van der Waals surface area contributed by atoms with Gasteiger partial charge in [-0.3, -0.25) is 0 Å². The number of aromatic hydroxyl groups is 1. The van der Waals surface area contributed by atoms with Gasteiger partial charge in [0, 0.05) is 31.5 Å². The van der Waals surface area contributed by atoms with Gasteiger partial charge in [0.25, 0.3) is 0 Å². The number of halogens is 1. The van der Waals surface area contributed by atoms with E-state index in [0.717, 1.165) is 12.8 Å². The summed E-state index contributed by atoms with van der Waals surface area (Å²) in [5, 5.41) is 14.7. The van der Waals surface area contributed by atoms with Crippen LogP contribution >= 0.6 is 0 Å². The average Bonchev–Trinajstić information content (AvgIpc) is 2.91. The van der Waals surface area contributed by atoms with Crippen molar-refractivity contribution in [1.82, 2.24) is 15.2 Å². The Labute approximate surface area is 135 Å². The monoisotopic (exact) mass is 319 g/mol. The minimum absolute atomic E-state index is 0.0291. The summed E-state index contributed by atoms with van der Waals surface area (Å²) in [6.07, 6.45) is 3.71. The molecule has 2 amide bonds. The lowest BCUT2D eigenvalue weighted by Crippen LogP contribution is -2.40. The lowest BCUT2D eigenvalue weighted by molar-refractivity contribution is 0.236.